The molecule has 0 amide bonds. The third kappa shape index (κ3) is 3.71. The van der Waals surface area contributed by atoms with E-state index in [0.717, 1.165) is 44.8 Å². The van der Waals surface area contributed by atoms with Gasteiger partial charge in [0, 0.05) is 12.6 Å². The smallest absolute Gasteiger partial charge is 0.0797 e. The van der Waals surface area contributed by atoms with Crippen molar-refractivity contribution in [3.8, 4) is 0 Å². The van der Waals surface area contributed by atoms with E-state index in [0.29, 0.717) is 12.5 Å². The third-order valence-electron chi connectivity index (χ3n) is 5.54. The fourth-order valence-electron chi connectivity index (χ4n) is 4.18. The Hall–Kier alpha value is -0.120. The van der Waals surface area contributed by atoms with Crippen molar-refractivity contribution in [2.45, 2.75) is 76.4 Å². The van der Waals surface area contributed by atoms with Gasteiger partial charge in [-0.25, -0.2) is 0 Å². The first-order chi connectivity index (χ1) is 9.19. The summed E-state index contributed by atoms with van der Waals surface area (Å²) in [7, 11) is 0. The SMILES string of the molecule is CCN(CCC1CCCC1(O)CN)C1CCCCC1. The first-order valence-electron chi connectivity index (χ1n) is 8.36. The van der Waals surface area contributed by atoms with Gasteiger partial charge in [-0.2, -0.15) is 0 Å². The molecule has 0 aromatic carbocycles. The zero-order valence-corrected chi connectivity index (χ0v) is 12.6. The van der Waals surface area contributed by atoms with E-state index in [4.69, 9.17) is 5.73 Å². The molecule has 0 spiro atoms. The van der Waals surface area contributed by atoms with E-state index in [9.17, 15) is 5.11 Å². The molecule has 0 aromatic rings. The van der Waals surface area contributed by atoms with Crippen LogP contribution in [-0.2, 0) is 0 Å². The zero-order chi connectivity index (χ0) is 13.7. The molecule has 0 radical (unpaired) electrons. The number of aliphatic hydroxyl groups is 1. The van der Waals surface area contributed by atoms with Crippen molar-refractivity contribution < 1.29 is 5.11 Å². The third-order valence-corrected chi connectivity index (χ3v) is 5.54. The Bertz CT molecular complexity index is 265. The Kier molecular flexibility index (Phi) is 5.67. The molecule has 2 rings (SSSR count). The highest BCUT2D eigenvalue weighted by atomic mass is 16.3. The van der Waals surface area contributed by atoms with Crippen molar-refractivity contribution in [2.24, 2.45) is 11.7 Å². The van der Waals surface area contributed by atoms with Crippen LogP contribution < -0.4 is 5.73 Å². The molecule has 0 aliphatic heterocycles. The normalized spacial score (nSPS) is 33.2. The lowest BCUT2D eigenvalue weighted by Gasteiger charge is -2.36. The van der Waals surface area contributed by atoms with Gasteiger partial charge < -0.3 is 15.7 Å². The molecule has 3 heteroatoms. The summed E-state index contributed by atoms with van der Waals surface area (Å²) in [5.74, 6) is 0.426. The van der Waals surface area contributed by atoms with Crippen LogP contribution in [0.15, 0.2) is 0 Å². The molecule has 3 N–H and O–H groups in total. The van der Waals surface area contributed by atoms with E-state index in [1.54, 1.807) is 0 Å². The fourth-order valence-corrected chi connectivity index (χ4v) is 4.18. The van der Waals surface area contributed by atoms with E-state index in [1.807, 2.05) is 0 Å². The lowest BCUT2D eigenvalue weighted by Crippen LogP contribution is -2.44. The summed E-state index contributed by atoms with van der Waals surface area (Å²) >= 11 is 0. The largest absolute Gasteiger partial charge is 0.388 e. The molecule has 19 heavy (non-hydrogen) atoms. The number of hydrogen-bond donors (Lipinski definition) is 2. The lowest BCUT2D eigenvalue weighted by atomic mass is 9.87. The summed E-state index contributed by atoms with van der Waals surface area (Å²) in [5.41, 5.74) is 5.21. The van der Waals surface area contributed by atoms with Crippen LogP contribution in [0.4, 0.5) is 0 Å². The summed E-state index contributed by atoms with van der Waals surface area (Å²) in [6, 6.07) is 0.797. The molecule has 3 nitrogen and oxygen atoms in total. The van der Waals surface area contributed by atoms with Crippen molar-refractivity contribution in [3.63, 3.8) is 0 Å². The molecule has 0 saturated heterocycles. The molecule has 0 bridgehead atoms. The highest BCUT2D eigenvalue weighted by Crippen LogP contribution is 2.37. The van der Waals surface area contributed by atoms with Crippen LogP contribution in [0.3, 0.4) is 0 Å². The Labute approximate surface area is 118 Å². The minimum atomic E-state index is -0.564. The first-order valence-corrected chi connectivity index (χ1v) is 8.36. The van der Waals surface area contributed by atoms with Crippen LogP contribution in [0.2, 0.25) is 0 Å². The second-order valence-electron chi connectivity index (χ2n) is 6.61. The van der Waals surface area contributed by atoms with Crippen molar-refractivity contribution in [1.29, 1.82) is 0 Å². The first kappa shape index (κ1) is 15.3. The maximum atomic E-state index is 10.5. The van der Waals surface area contributed by atoms with Crippen molar-refractivity contribution in [1.82, 2.24) is 4.90 Å². The van der Waals surface area contributed by atoms with Crippen molar-refractivity contribution >= 4 is 0 Å². The molecule has 2 atom stereocenters. The monoisotopic (exact) mass is 268 g/mol. The number of hydrogen-bond acceptors (Lipinski definition) is 3. The van der Waals surface area contributed by atoms with Gasteiger partial charge in [-0.3, -0.25) is 0 Å². The minimum Gasteiger partial charge on any atom is -0.388 e. The Morgan fingerprint density at radius 1 is 1.16 bits per heavy atom. The van der Waals surface area contributed by atoms with Crippen LogP contribution in [0.5, 0.6) is 0 Å². The van der Waals surface area contributed by atoms with Gasteiger partial charge in [0.2, 0.25) is 0 Å². The Morgan fingerprint density at radius 3 is 2.53 bits per heavy atom. The summed E-state index contributed by atoms with van der Waals surface area (Å²) < 4.78 is 0. The molecule has 2 aliphatic carbocycles. The van der Waals surface area contributed by atoms with Gasteiger partial charge in [0.05, 0.1) is 5.60 Å². The molecule has 0 aromatic heterocycles. The van der Waals surface area contributed by atoms with E-state index in [2.05, 4.69) is 11.8 Å². The Morgan fingerprint density at radius 2 is 1.89 bits per heavy atom. The van der Waals surface area contributed by atoms with Gasteiger partial charge in [-0.05, 0) is 51.1 Å². The fraction of sp³-hybridized carbons (Fsp3) is 1.00. The molecule has 0 heterocycles. The average Bonchev–Trinajstić information content (AvgIpc) is 2.83. The Balaban J connectivity index is 1.82. The van der Waals surface area contributed by atoms with Gasteiger partial charge in [0.1, 0.15) is 0 Å². The predicted molar refractivity (Wildman–Crippen MR) is 80.1 cm³/mol. The quantitative estimate of drug-likeness (QED) is 0.778. The van der Waals surface area contributed by atoms with Crippen LogP contribution in [0, 0.1) is 5.92 Å². The maximum Gasteiger partial charge on any atom is 0.0797 e. The van der Waals surface area contributed by atoms with Crippen molar-refractivity contribution in [2.75, 3.05) is 19.6 Å². The molecule has 2 unspecified atom stereocenters. The van der Waals surface area contributed by atoms with Gasteiger partial charge in [0.25, 0.3) is 0 Å². The molecule has 112 valence electrons. The number of nitrogens with zero attached hydrogens (tertiary/aromatic N) is 1. The summed E-state index contributed by atoms with van der Waals surface area (Å²) in [6.07, 6.45) is 11.3. The second kappa shape index (κ2) is 7.05. The maximum absolute atomic E-state index is 10.5. The number of rotatable bonds is 6. The van der Waals surface area contributed by atoms with E-state index in [1.165, 1.54) is 32.1 Å². The average molecular weight is 268 g/mol. The number of nitrogens with two attached hydrogens (primary N) is 1. The van der Waals surface area contributed by atoms with Crippen LogP contribution >= 0.6 is 0 Å². The standard InChI is InChI=1S/C16H32N2O/c1-2-18(15-8-4-3-5-9-15)12-10-14-7-6-11-16(14,19)13-17/h14-15,19H,2-13,17H2,1H3. The molecule has 2 saturated carbocycles. The minimum absolute atomic E-state index is 0.426. The summed E-state index contributed by atoms with van der Waals surface area (Å²) in [4.78, 5) is 2.65. The predicted octanol–water partition coefficient (Wildman–Crippen LogP) is 2.52. The topological polar surface area (TPSA) is 49.5 Å². The summed E-state index contributed by atoms with van der Waals surface area (Å²) in [5, 5.41) is 10.5. The van der Waals surface area contributed by atoms with E-state index in [-0.39, 0.29) is 0 Å². The lowest BCUT2D eigenvalue weighted by molar-refractivity contribution is 0.00232. The molecule has 2 fully saturated rings. The summed E-state index contributed by atoms with van der Waals surface area (Å²) in [6.45, 7) is 5.01. The van der Waals surface area contributed by atoms with Gasteiger partial charge >= 0.3 is 0 Å². The molecule has 2 aliphatic rings. The van der Waals surface area contributed by atoms with Gasteiger partial charge in [-0.1, -0.05) is 32.6 Å². The second-order valence-corrected chi connectivity index (χ2v) is 6.61. The van der Waals surface area contributed by atoms with Crippen LogP contribution in [0.25, 0.3) is 0 Å². The van der Waals surface area contributed by atoms with Crippen LogP contribution in [-0.4, -0.2) is 41.3 Å². The highest BCUT2D eigenvalue weighted by molar-refractivity contribution is 4.93. The zero-order valence-electron chi connectivity index (χ0n) is 12.6. The van der Waals surface area contributed by atoms with E-state index < -0.39 is 5.60 Å². The molecular formula is C16H32N2O. The van der Waals surface area contributed by atoms with E-state index >= 15 is 0 Å². The van der Waals surface area contributed by atoms with Crippen LogP contribution in [0.1, 0.15) is 64.7 Å². The van der Waals surface area contributed by atoms with Crippen molar-refractivity contribution in [3.05, 3.63) is 0 Å². The highest BCUT2D eigenvalue weighted by Gasteiger charge is 2.39. The van der Waals surface area contributed by atoms with Gasteiger partial charge in [-0.15, -0.1) is 0 Å². The van der Waals surface area contributed by atoms with Gasteiger partial charge in [0.15, 0.2) is 0 Å². The molecular weight excluding hydrogens is 236 g/mol.